The normalized spacial score (nSPS) is 32.2. The van der Waals surface area contributed by atoms with Crippen LogP contribution in [0.5, 0.6) is 0 Å². The standard InChI is InChI=1S/C28H28F6N2O2/c1-17(37)35-21-7-3-19(4-8-21)23-11-24(20-5-9-22(10-6-20)36-18(2)38)14-25(12-23,27(29,30)31)16-26(13-23,15-24)28(32,33)34/h3-10H,11-16H2,1-2H3,(H,35,37)(H,36,38). The highest BCUT2D eigenvalue weighted by atomic mass is 19.4. The predicted octanol–water partition coefficient (Wildman–Crippen LogP) is 7.26. The first kappa shape index (κ1) is 26.6. The summed E-state index contributed by atoms with van der Waals surface area (Å²) >= 11 is 0. The molecule has 204 valence electrons. The second-order valence-corrected chi connectivity index (χ2v) is 11.7. The number of amides is 2. The number of nitrogens with one attached hydrogen (secondary N) is 2. The molecule has 2 amide bonds. The fraction of sp³-hybridized carbons (Fsp3) is 0.500. The molecule has 10 heteroatoms. The third-order valence-corrected chi connectivity index (χ3v) is 8.90. The van der Waals surface area contributed by atoms with Gasteiger partial charge in [-0.05, 0) is 84.7 Å². The average molecular weight is 539 g/mol. The van der Waals surface area contributed by atoms with Crippen LogP contribution in [0.25, 0.3) is 0 Å². The van der Waals surface area contributed by atoms with Crippen LogP contribution < -0.4 is 10.6 Å². The maximum absolute atomic E-state index is 14.9. The molecule has 0 spiro atoms. The summed E-state index contributed by atoms with van der Waals surface area (Å²) in [5.41, 5.74) is -6.02. The van der Waals surface area contributed by atoms with Crippen molar-refractivity contribution in [1.29, 1.82) is 0 Å². The SMILES string of the molecule is CC(=O)Nc1ccc(C23CC4(c5ccc(NC(C)=O)cc5)CC(C(F)(F)F)(C2)CC(C(F)(F)F)(C3)C4)cc1. The molecule has 0 radical (unpaired) electrons. The molecule has 4 aliphatic carbocycles. The molecule has 38 heavy (non-hydrogen) atoms. The Bertz CT molecular complexity index is 1150. The van der Waals surface area contributed by atoms with E-state index in [9.17, 15) is 35.9 Å². The molecule has 2 aromatic carbocycles. The number of hydrogen-bond acceptors (Lipinski definition) is 2. The number of rotatable bonds is 4. The molecule has 4 fully saturated rings. The van der Waals surface area contributed by atoms with Crippen molar-refractivity contribution < 1.29 is 35.9 Å². The van der Waals surface area contributed by atoms with Gasteiger partial charge in [-0.1, -0.05) is 24.3 Å². The molecule has 4 saturated carbocycles. The summed E-state index contributed by atoms with van der Waals surface area (Å²) in [6.45, 7) is 2.63. The van der Waals surface area contributed by atoms with Crippen LogP contribution in [0.15, 0.2) is 48.5 Å². The van der Waals surface area contributed by atoms with Gasteiger partial charge in [0.1, 0.15) is 0 Å². The lowest BCUT2D eigenvalue weighted by molar-refractivity contribution is -0.347. The minimum atomic E-state index is -4.83. The lowest BCUT2D eigenvalue weighted by Gasteiger charge is -2.71. The first-order chi connectivity index (χ1) is 17.5. The van der Waals surface area contributed by atoms with Crippen LogP contribution in [0, 0.1) is 10.8 Å². The third-order valence-electron chi connectivity index (χ3n) is 8.90. The summed E-state index contributed by atoms with van der Waals surface area (Å²) in [5.74, 6) is -0.664. The fourth-order valence-electron chi connectivity index (χ4n) is 8.07. The Hall–Kier alpha value is -3.04. The van der Waals surface area contributed by atoms with E-state index in [4.69, 9.17) is 0 Å². The lowest BCUT2D eigenvalue weighted by Crippen LogP contribution is -2.70. The molecule has 4 aliphatic rings. The lowest BCUT2D eigenvalue weighted by atomic mass is 9.33. The van der Waals surface area contributed by atoms with Crippen molar-refractivity contribution in [2.75, 3.05) is 10.6 Å². The number of hydrogen-bond donors (Lipinski definition) is 2. The second kappa shape index (κ2) is 8.23. The van der Waals surface area contributed by atoms with Crippen molar-refractivity contribution in [3.05, 3.63) is 59.7 Å². The van der Waals surface area contributed by atoms with Crippen molar-refractivity contribution >= 4 is 23.2 Å². The van der Waals surface area contributed by atoms with Crippen LogP contribution in [-0.4, -0.2) is 24.2 Å². The Morgan fingerprint density at radius 3 is 1.16 bits per heavy atom. The highest BCUT2D eigenvalue weighted by Crippen LogP contribution is 2.79. The van der Waals surface area contributed by atoms with Gasteiger partial charge >= 0.3 is 12.4 Å². The first-order valence-corrected chi connectivity index (χ1v) is 12.4. The fourth-order valence-corrected chi connectivity index (χ4v) is 8.07. The van der Waals surface area contributed by atoms with E-state index in [1.165, 1.54) is 38.1 Å². The number of benzene rings is 2. The molecular formula is C28H28F6N2O2. The van der Waals surface area contributed by atoms with Gasteiger partial charge in [-0.3, -0.25) is 9.59 Å². The molecule has 4 nitrogen and oxygen atoms in total. The van der Waals surface area contributed by atoms with Crippen molar-refractivity contribution in [1.82, 2.24) is 0 Å². The van der Waals surface area contributed by atoms with E-state index in [1.807, 2.05) is 0 Å². The van der Waals surface area contributed by atoms with Gasteiger partial charge in [0.15, 0.2) is 0 Å². The molecule has 0 saturated heterocycles. The van der Waals surface area contributed by atoms with Gasteiger partial charge in [0.2, 0.25) is 11.8 Å². The smallest absolute Gasteiger partial charge is 0.326 e. The molecule has 4 bridgehead atoms. The zero-order valence-corrected chi connectivity index (χ0v) is 20.9. The number of carbonyl (C=O) groups is 2. The molecule has 0 atom stereocenters. The maximum atomic E-state index is 14.9. The number of halogens is 6. The third kappa shape index (κ3) is 4.07. The summed E-state index contributed by atoms with van der Waals surface area (Å²) in [4.78, 5) is 22.8. The Balaban J connectivity index is 1.69. The zero-order chi connectivity index (χ0) is 27.8. The topological polar surface area (TPSA) is 58.2 Å². The summed E-state index contributed by atoms with van der Waals surface area (Å²) in [6, 6.07) is 12.4. The van der Waals surface area contributed by atoms with Crippen molar-refractivity contribution in [2.45, 2.75) is 75.6 Å². The first-order valence-electron chi connectivity index (χ1n) is 12.4. The quantitative estimate of drug-likeness (QED) is 0.403. The molecule has 6 rings (SSSR count). The van der Waals surface area contributed by atoms with E-state index in [2.05, 4.69) is 10.6 Å². The maximum Gasteiger partial charge on any atom is 0.394 e. The largest absolute Gasteiger partial charge is 0.394 e. The molecule has 0 heterocycles. The Labute approximate surface area is 216 Å². The van der Waals surface area contributed by atoms with Crippen LogP contribution in [0.4, 0.5) is 37.7 Å². The minimum Gasteiger partial charge on any atom is -0.326 e. The van der Waals surface area contributed by atoms with Gasteiger partial charge < -0.3 is 10.6 Å². The average Bonchev–Trinajstić information content (AvgIpc) is 2.77. The summed E-state index contributed by atoms with van der Waals surface area (Å²) in [5, 5.41) is 5.18. The summed E-state index contributed by atoms with van der Waals surface area (Å²) in [6.07, 6.45) is -12.1. The number of carbonyl (C=O) groups excluding carboxylic acids is 2. The van der Waals surface area contributed by atoms with Crippen LogP contribution in [0.2, 0.25) is 0 Å². The molecule has 2 aromatic rings. The van der Waals surface area contributed by atoms with Gasteiger partial charge in [-0.25, -0.2) is 0 Å². The van der Waals surface area contributed by atoms with Crippen LogP contribution >= 0.6 is 0 Å². The highest BCUT2D eigenvalue weighted by molar-refractivity contribution is 5.89. The number of anilines is 2. The Kier molecular flexibility index (Phi) is 5.75. The van der Waals surface area contributed by atoms with E-state index in [0.717, 1.165) is 0 Å². The van der Waals surface area contributed by atoms with E-state index >= 15 is 0 Å². The van der Waals surface area contributed by atoms with Crippen LogP contribution in [0.3, 0.4) is 0 Å². The molecule has 2 N–H and O–H groups in total. The number of alkyl halides is 6. The van der Waals surface area contributed by atoms with E-state index < -0.39 is 66.1 Å². The minimum absolute atomic E-state index is 0.147. The van der Waals surface area contributed by atoms with Gasteiger partial charge in [-0.15, -0.1) is 0 Å². The van der Waals surface area contributed by atoms with E-state index in [-0.39, 0.29) is 18.2 Å². The van der Waals surface area contributed by atoms with Crippen molar-refractivity contribution in [2.24, 2.45) is 10.8 Å². The van der Waals surface area contributed by atoms with Gasteiger partial charge in [0, 0.05) is 25.2 Å². The molecular weight excluding hydrogens is 510 g/mol. The van der Waals surface area contributed by atoms with Crippen molar-refractivity contribution in [3.8, 4) is 0 Å². The van der Waals surface area contributed by atoms with E-state index in [0.29, 0.717) is 22.5 Å². The van der Waals surface area contributed by atoms with Gasteiger partial charge in [-0.2, -0.15) is 26.3 Å². The molecule has 0 unspecified atom stereocenters. The molecule has 0 aliphatic heterocycles. The monoisotopic (exact) mass is 538 g/mol. The predicted molar refractivity (Wildman–Crippen MR) is 130 cm³/mol. The highest BCUT2D eigenvalue weighted by Gasteiger charge is 2.79. The van der Waals surface area contributed by atoms with Gasteiger partial charge in [0.25, 0.3) is 0 Å². The van der Waals surface area contributed by atoms with Crippen LogP contribution in [0.1, 0.15) is 63.5 Å². The summed E-state index contributed by atoms with van der Waals surface area (Å²) in [7, 11) is 0. The zero-order valence-electron chi connectivity index (χ0n) is 20.9. The van der Waals surface area contributed by atoms with E-state index in [1.54, 1.807) is 24.3 Å². The summed E-state index contributed by atoms with van der Waals surface area (Å²) < 4.78 is 89.3. The van der Waals surface area contributed by atoms with Crippen molar-refractivity contribution in [3.63, 3.8) is 0 Å². The van der Waals surface area contributed by atoms with Gasteiger partial charge in [0.05, 0.1) is 10.8 Å². The van der Waals surface area contributed by atoms with Crippen LogP contribution in [-0.2, 0) is 20.4 Å². The Morgan fingerprint density at radius 2 is 0.895 bits per heavy atom. The Morgan fingerprint density at radius 1 is 0.579 bits per heavy atom. The molecule has 0 aromatic heterocycles. The second-order valence-electron chi connectivity index (χ2n) is 11.7.